The average molecular weight is 241 g/mol. The first kappa shape index (κ1) is 11.6. The maximum Gasteiger partial charge on any atom is 0.120 e. The molecule has 2 rings (SSSR count). The van der Waals surface area contributed by atoms with Crippen LogP contribution in [0.1, 0.15) is 12.8 Å². The Morgan fingerprint density at radius 3 is 2.81 bits per heavy atom. The van der Waals surface area contributed by atoms with E-state index in [2.05, 4.69) is 5.32 Å². The van der Waals surface area contributed by atoms with Crippen LogP contribution in [0.4, 0.5) is 5.69 Å². The van der Waals surface area contributed by atoms with Gasteiger partial charge in [0.15, 0.2) is 0 Å². The minimum Gasteiger partial charge on any atom is -0.497 e. The van der Waals surface area contributed by atoms with Crippen LogP contribution in [0.15, 0.2) is 18.2 Å². The topological polar surface area (TPSA) is 47.3 Å². The summed E-state index contributed by atoms with van der Waals surface area (Å²) in [5, 5.41) is 4.04. The van der Waals surface area contributed by atoms with Crippen molar-refractivity contribution >= 4 is 17.3 Å². The first-order valence-electron chi connectivity index (χ1n) is 5.52. The van der Waals surface area contributed by atoms with Crippen LogP contribution in [-0.2, 0) is 0 Å². The van der Waals surface area contributed by atoms with Gasteiger partial charge in [-0.05, 0) is 30.9 Å². The van der Waals surface area contributed by atoms with Crippen molar-refractivity contribution in [3.63, 3.8) is 0 Å². The molecule has 1 aromatic rings. The Morgan fingerprint density at radius 2 is 2.25 bits per heavy atom. The molecule has 1 saturated carbocycles. The number of anilines is 1. The molecule has 0 heterocycles. The fourth-order valence-corrected chi connectivity index (χ4v) is 2.21. The Kier molecular flexibility index (Phi) is 3.56. The highest BCUT2D eigenvalue weighted by Gasteiger charge is 2.25. The second-order valence-corrected chi connectivity index (χ2v) is 4.73. The maximum absolute atomic E-state index is 6.11. The number of halogens is 1. The van der Waals surface area contributed by atoms with E-state index < -0.39 is 0 Å². The lowest BCUT2D eigenvalue weighted by atomic mass is 9.81. The van der Waals surface area contributed by atoms with Gasteiger partial charge in [-0.25, -0.2) is 0 Å². The summed E-state index contributed by atoms with van der Waals surface area (Å²) < 4.78 is 5.09. The van der Waals surface area contributed by atoms with Gasteiger partial charge in [-0.3, -0.25) is 0 Å². The number of hydrogen-bond acceptors (Lipinski definition) is 3. The Labute approximate surface area is 101 Å². The zero-order valence-electron chi connectivity index (χ0n) is 9.37. The van der Waals surface area contributed by atoms with Gasteiger partial charge >= 0.3 is 0 Å². The highest BCUT2D eigenvalue weighted by molar-refractivity contribution is 6.33. The van der Waals surface area contributed by atoms with Crippen LogP contribution in [0.3, 0.4) is 0 Å². The third-order valence-electron chi connectivity index (χ3n) is 3.03. The second-order valence-electron chi connectivity index (χ2n) is 4.32. The summed E-state index contributed by atoms with van der Waals surface area (Å²) in [6, 6.07) is 6.06. The van der Waals surface area contributed by atoms with Crippen LogP contribution in [0.2, 0.25) is 5.02 Å². The summed E-state index contributed by atoms with van der Waals surface area (Å²) in [6.45, 7) is 0.944. The highest BCUT2D eigenvalue weighted by atomic mass is 35.5. The van der Waals surface area contributed by atoms with Gasteiger partial charge in [0.25, 0.3) is 0 Å². The van der Waals surface area contributed by atoms with Crippen molar-refractivity contribution in [1.29, 1.82) is 0 Å². The molecule has 1 aliphatic carbocycles. The fourth-order valence-electron chi connectivity index (χ4n) is 1.97. The van der Waals surface area contributed by atoms with Crippen LogP contribution < -0.4 is 15.8 Å². The van der Waals surface area contributed by atoms with Gasteiger partial charge < -0.3 is 15.8 Å². The number of ether oxygens (including phenoxy) is 1. The Morgan fingerprint density at radius 1 is 1.50 bits per heavy atom. The molecule has 88 valence electrons. The SMILES string of the molecule is COc1ccc(NCC2CC(N)C2)c(Cl)c1. The molecule has 0 amide bonds. The lowest BCUT2D eigenvalue weighted by molar-refractivity contribution is 0.280. The van der Waals surface area contributed by atoms with Gasteiger partial charge in [-0.1, -0.05) is 11.6 Å². The molecule has 0 bridgehead atoms. The van der Waals surface area contributed by atoms with Crippen molar-refractivity contribution in [2.45, 2.75) is 18.9 Å². The summed E-state index contributed by atoms with van der Waals surface area (Å²) in [5.41, 5.74) is 6.70. The minimum atomic E-state index is 0.401. The Hall–Kier alpha value is -0.930. The fraction of sp³-hybridized carbons (Fsp3) is 0.500. The van der Waals surface area contributed by atoms with Gasteiger partial charge in [-0.2, -0.15) is 0 Å². The van der Waals surface area contributed by atoms with Gasteiger partial charge in [0.2, 0.25) is 0 Å². The third-order valence-corrected chi connectivity index (χ3v) is 3.34. The molecule has 0 radical (unpaired) electrons. The first-order chi connectivity index (χ1) is 7.69. The molecule has 1 fully saturated rings. The molecule has 16 heavy (non-hydrogen) atoms. The van der Waals surface area contributed by atoms with Crippen LogP contribution in [-0.4, -0.2) is 19.7 Å². The van der Waals surface area contributed by atoms with Gasteiger partial charge in [0, 0.05) is 18.7 Å². The number of nitrogens with two attached hydrogens (primary N) is 1. The van der Waals surface area contributed by atoms with Gasteiger partial charge in [0.1, 0.15) is 5.75 Å². The largest absolute Gasteiger partial charge is 0.497 e. The summed E-state index contributed by atoms with van der Waals surface area (Å²) in [7, 11) is 1.63. The molecule has 0 saturated heterocycles. The lowest BCUT2D eigenvalue weighted by Crippen LogP contribution is -2.39. The van der Waals surface area contributed by atoms with Crippen molar-refractivity contribution < 1.29 is 4.74 Å². The quantitative estimate of drug-likeness (QED) is 0.850. The number of nitrogens with one attached hydrogen (secondary N) is 1. The van der Waals surface area contributed by atoms with E-state index in [1.165, 1.54) is 0 Å². The molecule has 1 aromatic carbocycles. The molecule has 0 atom stereocenters. The average Bonchev–Trinajstić information content (AvgIpc) is 2.24. The van der Waals surface area contributed by atoms with Gasteiger partial charge in [0.05, 0.1) is 17.8 Å². The molecular formula is C12H17ClN2O. The monoisotopic (exact) mass is 240 g/mol. The van der Waals surface area contributed by atoms with E-state index in [0.717, 1.165) is 30.8 Å². The van der Waals surface area contributed by atoms with E-state index in [1.54, 1.807) is 7.11 Å². The Balaban J connectivity index is 1.89. The van der Waals surface area contributed by atoms with Crippen molar-refractivity contribution in [1.82, 2.24) is 0 Å². The van der Waals surface area contributed by atoms with Crippen LogP contribution >= 0.6 is 11.6 Å². The summed E-state index contributed by atoms with van der Waals surface area (Å²) in [4.78, 5) is 0. The number of methoxy groups -OCH3 is 1. The maximum atomic E-state index is 6.11. The van der Waals surface area contributed by atoms with Crippen LogP contribution in [0, 0.1) is 5.92 Å². The van der Waals surface area contributed by atoms with Crippen molar-refractivity contribution in [3.8, 4) is 5.75 Å². The highest BCUT2D eigenvalue weighted by Crippen LogP contribution is 2.29. The van der Waals surface area contributed by atoms with E-state index >= 15 is 0 Å². The van der Waals surface area contributed by atoms with Crippen LogP contribution in [0.25, 0.3) is 0 Å². The predicted octanol–water partition coefficient (Wildman–Crippen LogP) is 2.50. The minimum absolute atomic E-state index is 0.401. The number of rotatable bonds is 4. The lowest BCUT2D eigenvalue weighted by Gasteiger charge is -2.32. The normalized spacial score (nSPS) is 23.7. The molecular weight excluding hydrogens is 224 g/mol. The van der Waals surface area contributed by atoms with Crippen molar-refractivity contribution in [2.24, 2.45) is 11.7 Å². The third kappa shape index (κ3) is 2.60. The van der Waals surface area contributed by atoms with Gasteiger partial charge in [-0.15, -0.1) is 0 Å². The molecule has 1 aliphatic rings. The molecule has 4 heteroatoms. The molecule has 0 spiro atoms. The van der Waals surface area contributed by atoms with Crippen LogP contribution in [0.5, 0.6) is 5.75 Å². The molecule has 3 nitrogen and oxygen atoms in total. The smallest absolute Gasteiger partial charge is 0.120 e. The molecule has 0 aromatic heterocycles. The number of benzene rings is 1. The molecule has 0 aliphatic heterocycles. The van der Waals surface area contributed by atoms with Crippen molar-refractivity contribution in [2.75, 3.05) is 19.0 Å². The molecule has 0 unspecified atom stereocenters. The number of hydrogen-bond donors (Lipinski definition) is 2. The zero-order chi connectivity index (χ0) is 11.5. The van der Waals surface area contributed by atoms with E-state index in [-0.39, 0.29) is 0 Å². The van der Waals surface area contributed by atoms with E-state index in [9.17, 15) is 0 Å². The standard InChI is InChI=1S/C12H17ClN2O/c1-16-10-2-3-12(11(13)6-10)15-7-8-4-9(14)5-8/h2-3,6,8-9,15H,4-5,7,14H2,1H3. The van der Waals surface area contributed by atoms with E-state index in [0.29, 0.717) is 17.0 Å². The second kappa shape index (κ2) is 4.93. The van der Waals surface area contributed by atoms with E-state index in [1.807, 2.05) is 18.2 Å². The Bertz CT molecular complexity index is 364. The summed E-state index contributed by atoms with van der Waals surface area (Å²) in [6.07, 6.45) is 2.22. The summed E-state index contributed by atoms with van der Waals surface area (Å²) in [5.74, 6) is 1.47. The predicted molar refractivity (Wildman–Crippen MR) is 67.2 cm³/mol. The van der Waals surface area contributed by atoms with Crippen molar-refractivity contribution in [3.05, 3.63) is 23.2 Å². The molecule has 3 N–H and O–H groups in total. The zero-order valence-corrected chi connectivity index (χ0v) is 10.1. The summed E-state index contributed by atoms with van der Waals surface area (Å²) >= 11 is 6.11. The first-order valence-corrected chi connectivity index (χ1v) is 5.90. The van der Waals surface area contributed by atoms with E-state index in [4.69, 9.17) is 22.1 Å².